The first-order valence-corrected chi connectivity index (χ1v) is 13.2. The van der Waals surface area contributed by atoms with Gasteiger partial charge in [0.05, 0.1) is 4.90 Å². The maximum Gasteiger partial charge on any atom is 0.241 e. The van der Waals surface area contributed by atoms with Gasteiger partial charge in [-0.05, 0) is 75.6 Å². The molecule has 1 aromatic carbocycles. The number of alkyl halides is 1. The molecule has 3 aliphatic carbocycles. The van der Waals surface area contributed by atoms with Crippen LogP contribution in [0.3, 0.4) is 0 Å². The summed E-state index contributed by atoms with van der Waals surface area (Å²) in [5, 5.41) is 4.91. The zero-order valence-corrected chi connectivity index (χ0v) is 19.9. The van der Waals surface area contributed by atoms with Crippen molar-refractivity contribution in [2.24, 2.45) is 0 Å². The summed E-state index contributed by atoms with van der Waals surface area (Å²) in [6.45, 7) is 2.42. The number of carbonyl (C=O) groups excluding carboxylic acids is 1. The lowest BCUT2D eigenvalue weighted by Gasteiger charge is -2.20. The lowest BCUT2D eigenvalue weighted by atomic mass is 10.0. The van der Waals surface area contributed by atoms with Crippen LogP contribution in [0.2, 0.25) is 0 Å². The fraction of sp³-hybridized carbons (Fsp3) is 0.520. The number of carbonyl (C=O) groups is 1. The van der Waals surface area contributed by atoms with Gasteiger partial charge in [0.2, 0.25) is 10.0 Å². The molecule has 1 saturated carbocycles. The van der Waals surface area contributed by atoms with E-state index in [2.05, 4.69) is 15.0 Å². The predicted octanol–water partition coefficient (Wildman–Crippen LogP) is 3.83. The lowest BCUT2D eigenvalue weighted by molar-refractivity contribution is -0.115. The second-order valence-corrected chi connectivity index (χ2v) is 11.9. The standard InChI is InChI=1S/C25H30FN3O3S/c1-25(2,26)14-28-33(31,32)24-21-11-19(29-18-4-3-5-20(30)10-18)9-16(21)8-17-13-27-23(12-22(17)24)15-6-7-15/h8,10,12-13,15,19,28-29H,3-7,9,11,14H2,1-2H3. The molecule has 1 unspecified atom stereocenters. The number of ketones is 1. The lowest BCUT2D eigenvalue weighted by Crippen LogP contribution is -2.36. The van der Waals surface area contributed by atoms with Gasteiger partial charge in [-0.2, -0.15) is 0 Å². The van der Waals surface area contributed by atoms with Gasteiger partial charge >= 0.3 is 0 Å². The smallest absolute Gasteiger partial charge is 0.241 e. The number of nitrogens with one attached hydrogen (secondary N) is 2. The number of hydrogen-bond acceptors (Lipinski definition) is 5. The molecule has 0 spiro atoms. The van der Waals surface area contributed by atoms with Crippen molar-refractivity contribution in [2.75, 3.05) is 6.54 Å². The SMILES string of the molecule is CC(C)(F)CNS(=O)(=O)c1c2c(cc3cnc(C4CC4)cc13)CC(NC1=CC(=O)CCC1)C2. The number of aromatic nitrogens is 1. The highest BCUT2D eigenvalue weighted by Gasteiger charge is 2.34. The van der Waals surface area contributed by atoms with Crippen LogP contribution in [-0.4, -0.2) is 37.4 Å². The van der Waals surface area contributed by atoms with Gasteiger partial charge in [0.1, 0.15) is 5.67 Å². The number of halogens is 1. The van der Waals surface area contributed by atoms with Crippen LogP contribution in [-0.2, 0) is 27.7 Å². The molecule has 1 fully saturated rings. The summed E-state index contributed by atoms with van der Waals surface area (Å²) in [7, 11) is -3.95. The van der Waals surface area contributed by atoms with E-state index in [0.29, 0.717) is 30.6 Å². The number of rotatable bonds is 7. The molecular weight excluding hydrogens is 441 g/mol. The Kier molecular flexibility index (Phi) is 5.56. The minimum Gasteiger partial charge on any atom is -0.385 e. The number of allylic oxidation sites excluding steroid dienone is 2. The van der Waals surface area contributed by atoms with Crippen LogP contribution < -0.4 is 10.0 Å². The molecule has 8 heteroatoms. The highest BCUT2D eigenvalue weighted by Crippen LogP contribution is 2.42. The number of pyridine rings is 1. The molecule has 2 N–H and O–H groups in total. The van der Waals surface area contributed by atoms with Crippen molar-refractivity contribution in [2.45, 2.75) is 81.3 Å². The summed E-state index contributed by atoms with van der Waals surface area (Å²) in [5.41, 5.74) is 1.92. The Morgan fingerprint density at radius 3 is 2.67 bits per heavy atom. The summed E-state index contributed by atoms with van der Waals surface area (Å²) < 4.78 is 43.7. The van der Waals surface area contributed by atoms with Crippen LogP contribution in [0, 0.1) is 0 Å². The fourth-order valence-electron chi connectivity index (χ4n) is 4.88. The van der Waals surface area contributed by atoms with Gasteiger partial charge < -0.3 is 5.32 Å². The largest absolute Gasteiger partial charge is 0.385 e. The molecule has 0 saturated heterocycles. The Bertz CT molecular complexity index is 1260. The topological polar surface area (TPSA) is 88.2 Å². The van der Waals surface area contributed by atoms with Crippen molar-refractivity contribution >= 4 is 26.6 Å². The molecule has 1 atom stereocenters. The summed E-state index contributed by atoms with van der Waals surface area (Å²) in [5.74, 6) is 0.520. The molecule has 0 bridgehead atoms. The first-order chi connectivity index (χ1) is 15.6. The molecule has 3 aliphatic rings. The summed E-state index contributed by atoms with van der Waals surface area (Å²) in [6.07, 6.45) is 9.02. The Labute approximate surface area is 194 Å². The van der Waals surface area contributed by atoms with E-state index in [9.17, 15) is 17.6 Å². The van der Waals surface area contributed by atoms with Gasteiger partial charge in [0.15, 0.2) is 5.78 Å². The van der Waals surface area contributed by atoms with E-state index in [0.717, 1.165) is 53.6 Å². The maximum atomic E-state index is 14.2. The first-order valence-electron chi connectivity index (χ1n) is 11.7. The minimum absolute atomic E-state index is 0.0105. The van der Waals surface area contributed by atoms with E-state index in [1.54, 1.807) is 12.3 Å². The predicted molar refractivity (Wildman–Crippen MR) is 125 cm³/mol. The average molecular weight is 472 g/mol. The monoisotopic (exact) mass is 471 g/mol. The summed E-state index contributed by atoms with van der Waals surface area (Å²) in [6, 6.07) is 3.96. The van der Waals surface area contributed by atoms with Crippen LogP contribution in [0.15, 0.2) is 35.0 Å². The van der Waals surface area contributed by atoms with Gasteiger partial charge in [0, 0.05) is 59.4 Å². The first kappa shape index (κ1) is 22.5. The van der Waals surface area contributed by atoms with Gasteiger partial charge in [-0.15, -0.1) is 0 Å². The third-order valence-electron chi connectivity index (χ3n) is 6.65. The van der Waals surface area contributed by atoms with Crippen LogP contribution >= 0.6 is 0 Å². The van der Waals surface area contributed by atoms with Crippen molar-refractivity contribution < 1.29 is 17.6 Å². The number of hydrogen-bond donors (Lipinski definition) is 2. The van der Waals surface area contributed by atoms with Crippen molar-refractivity contribution in [1.82, 2.24) is 15.0 Å². The second-order valence-electron chi connectivity index (χ2n) is 10.2. The Balaban J connectivity index is 1.55. The van der Waals surface area contributed by atoms with E-state index in [1.807, 2.05) is 12.1 Å². The highest BCUT2D eigenvalue weighted by atomic mass is 32.2. The highest BCUT2D eigenvalue weighted by molar-refractivity contribution is 7.89. The second kappa shape index (κ2) is 8.17. The van der Waals surface area contributed by atoms with Crippen molar-refractivity contribution in [3.8, 4) is 0 Å². The Morgan fingerprint density at radius 2 is 1.97 bits per heavy atom. The molecule has 33 heavy (non-hydrogen) atoms. The van der Waals surface area contributed by atoms with Crippen LogP contribution in [0.4, 0.5) is 4.39 Å². The van der Waals surface area contributed by atoms with Gasteiger partial charge in [-0.25, -0.2) is 17.5 Å². The van der Waals surface area contributed by atoms with Gasteiger partial charge in [-0.1, -0.05) is 0 Å². The summed E-state index contributed by atoms with van der Waals surface area (Å²) in [4.78, 5) is 16.7. The van der Waals surface area contributed by atoms with E-state index in [4.69, 9.17) is 0 Å². The Morgan fingerprint density at radius 1 is 1.18 bits per heavy atom. The molecule has 0 amide bonds. The van der Waals surface area contributed by atoms with Crippen LogP contribution in [0.1, 0.15) is 68.7 Å². The number of sulfonamides is 1. The molecule has 0 radical (unpaired) electrons. The minimum atomic E-state index is -3.95. The number of nitrogens with zero attached hydrogens (tertiary/aromatic N) is 1. The summed E-state index contributed by atoms with van der Waals surface area (Å²) >= 11 is 0. The molecule has 1 heterocycles. The Hall–Kier alpha value is -2.32. The third-order valence-corrected chi connectivity index (χ3v) is 8.18. The average Bonchev–Trinajstić information content (AvgIpc) is 3.50. The van der Waals surface area contributed by atoms with Crippen molar-refractivity contribution in [3.63, 3.8) is 0 Å². The van der Waals surface area contributed by atoms with Crippen molar-refractivity contribution in [1.29, 1.82) is 0 Å². The maximum absolute atomic E-state index is 14.2. The molecule has 0 aliphatic heterocycles. The van der Waals surface area contributed by atoms with Crippen LogP contribution in [0.5, 0.6) is 0 Å². The zero-order valence-electron chi connectivity index (χ0n) is 19.1. The van der Waals surface area contributed by atoms with E-state index in [-0.39, 0.29) is 23.3 Å². The van der Waals surface area contributed by atoms with Gasteiger partial charge in [-0.3, -0.25) is 9.78 Å². The molecule has 176 valence electrons. The quantitative estimate of drug-likeness (QED) is 0.641. The zero-order chi connectivity index (χ0) is 23.4. The van der Waals surface area contributed by atoms with Crippen LogP contribution in [0.25, 0.3) is 10.8 Å². The van der Waals surface area contributed by atoms with Crippen molar-refractivity contribution in [3.05, 3.63) is 46.9 Å². The fourth-order valence-corrected chi connectivity index (χ4v) is 6.57. The van der Waals surface area contributed by atoms with Gasteiger partial charge in [0.25, 0.3) is 0 Å². The number of fused-ring (bicyclic) bond motifs is 2. The normalized spacial score (nSPS) is 21.2. The van der Waals surface area contributed by atoms with E-state index < -0.39 is 15.7 Å². The number of benzene rings is 1. The molecule has 5 rings (SSSR count). The molecule has 2 aromatic rings. The van der Waals surface area contributed by atoms with E-state index >= 15 is 0 Å². The third kappa shape index (κ3) is 4.82. The molecule has 1 aromatic heterocycles. The molecular formula is C25H30FN3O3S. The van der Waals surface area contributed by atoms with E-state index in [1.165, 1.54) is 13.8 Å². The molecule has 6 nitrogen and oxygen atoms in total.